The maximum atomic E-state index is 11.1. The zero-order valence-electron chi connectivity index (χ0n) is 12.8. The van der Waals surface area contributed by atoms with E-state index in [-0.39, 0.29) is 0 Å². The molecule has 0 spiro atoms. The van der Waals surface area contributed by atoms with Crippen LogP contribution >= 0.6 is 0 Å². The molecule has 4 heteroatoms. The molecule has 0 aromatic heterocycles. The number of carboxylic acid groups (broad SMARTS) is 1. The van der Waals surface area contributed by atoms with Gasteiger partial charge in [-0.15, -0.1) is 0 Å². The molecule has 2 rings (SSSR count). The van der Waals surface area contributed by atoms with Crippen molar-refractivity contribution >= 4 is 5.97 Å². The predicted octanol–water partition coefficient (Wildman–Crippen LogP) is 3.85. The molecule has 0 amide bonds. The number of aliphatic carboxylic acids is 1. The second-order valence-electron chi connectivity index (χ2n) is 4.97. The van der Waals surface area contributed by atoms with E-state index in [1.165, 1.54) is 0 Å². The van der Waals surface area contributed by atoms with E-state index < -0.39 is 11.9 Å². The van der Waals surface area contributed by atoms with Crippen LogP contribution in [0.2, 0.25) is 0 Å². The summed E-state index contributed by atoms with van der Waals surface area (Å²) in [6, 6.07) is 15.1. The van der Waals surface area contributed by atoms with Crippen molar-refractivity contribution in [2.45, 2.75) is 26.4 Å². The molecule has 0 heterocycles. The average molecular weight is 300 g/mol. The minimum absolute atomic E-state index is 0.409. The smallest absolute Gasteiger partial charge is 0.310 e. The highest BCUT2D eigenvalue weighted by molar-refractivity contribution is 5.75. The van der Waals surface area contributed by atoms with Crippen LogP contribution in [-0.2, 0) is 11.4 Å². The Balaban J connectivity index is 2.21. The molecule has 0 aliphatic rings. The fourth-order valence-corrected chi connectivity index (χ4v) is 2.06. The predicted molar refractivity (Wildman–Crippen MR) is 84.4 cm³/mol. The van der Waals surface area contributed by atoms with E-state index in [1.807, 2.05) is 37.3 Å². The molecule has 2 aromatic carbocycles. The molecule has 0 saturated carbocycles. The summed E-state index contributed by atoms with van der Waals surface area (Å²) in [6.45, 7) is 4.48. The van der Waals surface area contributed by atoms with E-state index >= 15 is 0 Å². The average Bonchev–Trinajstić information content (AvgIpc) is 2.54. The van der Waals surface area contributed by atoms with Gasteiger partial charge in [0, 0.05) is 0 Å². The van der Waals surface area contributed by atoms with E-state index in [4.69, 9.17) is 14.6 Å². The van der Waals surface area contributed by atoms with Crippen molar-refractivity contribution in [2.75, 3.05) is 6.61 Å². The lowest BCUT2D eigenvalue weighted by molar-refractivity contribution is -0.138. The lowest BCUT2D eigenvalue weighted by Gasteiger charge is -2.15. The Bertz CT molecular complexity index is 622. The zero-order valence-corrected chi connectivity index (χ0v) is 12.8. The maximum absolute atomic E-state index is 11.1. The monoisotopic (exact) mass is 300 g/mol. The first-order chi connectivity index (χ1) is 10.6. The third-order valence-corrected chi connectivity index (χ3v) is 3.38. The van der Waals surface area contributed by atoms with Crippen molar-refractivity contribution in [1.82, 2.24) is 0 Å². The van der Waals surface area contributed by atoms with Crippen LogP contribution in [0.4, 0.5) is 0 Å². The van der Waals surface area contributed by atoms with E-state index in [2.05, 4.69) is 0 Å². The molecular weight excluding hydrogens is 280 g/mol. The van der Waals surface area contributed by atoms with Crippen LogP contribution in [-0.4, -0.2) is 17.7 Å². The van der Waals surface area contributed by atoms with Gasteiger partial charge in [0.15, 0.2) is 11.5 Å². The molecule has 0 fully saturated rings. The standard InChI is InChI=1S/C18H20O4/c1-3-21-16-10-9-15(13(2)18(19)20)11-17(16)22-12-14-7-5-4-6-8-14/h4-11,13H,3,12H2,1-2H3,(H,19,20). The van der Waals surface area contributed by atoms with Gasteiger partial charge in [0.25, 0.3) is 0 Å². The number of ether oxygens (including phenoxy) is 2. The van der Waals surface area contributed by atoms with Gasteiger partial charge in [-0.3, -0.25) is 4.79 Å². The summed E-state index contributed by atoms with van der Waals surface area (Å²) in [4.78, 5) is 11.1. The zero-order chi connectivity index (χ0) is 15.9. The molecule has 0 aliphatic carbocycles. The molecule has 0 bridgehead atoms. The lowest BCUT2D eigenvalue weighted by Crippen LogP contribution is -2.08. The van der Waals surface area contributed by atoms with Crippen molar-refractivity contribution in [1.29, 1.82) is 0 Å². The van der Waals surface area contributed by atoms with Gasteiger partial charge in [-0.05, 0) is 37.1 Å². The van der Waals surface area contributed by atoms with Crippen LogP contribution in [0.3, 0.4) is 0 Å². The minimum atomic E-state index is -0.863. The maximum Gasteiger partial charge on any atom is 0.310 e. The quantitative estimate of drug-likeness (QED) is 0.843. The number of hydrogen-bond donors (Lipinski definition) is 1. The van der Waals surface area contributed by atoms with Gasteiger partial charge in [0.2, 0.25) is 0 Å². The molecular formula is C18H20O4. The highest BCUT2D eigenvalue weighted by atomic mass is 16.5. The van der Waals surface area contributed by atoms with Crippen LogP contribution < -0.4 is 9.47 Å². The van der Waals surface area contributed by atoms with Gasteiger partial charge in [-0.25, -0.2) is 0 Å². The van der Waals surface area contributed by atoms with Gasteiger partial charge >= 0.3 is 5.97 Å². The number of benzene rings is 2. The van der Waals surface area contributed by atoms with E-state index in [9.17, 15) is 4.79 Å². The number of carboxylic acids is 1. The minimum Gasteiger partial charge on any atom is -0.490 e. The van der Waals surface area contributed by atoms with Crippen LogP contribution in [0.15, 0.2) is 48.5 Å². The van der Waals surface area contributed by atoms with E-state index in [1.54, 1.807) is 25.1 Å². The summed E-state index contributed by atoms with van der Waals surface area (Å²) >= 11 is 0. The second-order valence-corrected chi connectivity index (χ2v) is 4.97. The lowest BCUT2D eigenvalue weighted by atomic mass is 10.0. The fraction of sp³-hybridized carbons (Fsp3) is 0.278. The van der Waals surface area contributed by atoms with Crippen molar-refractivity contribution in [2.24, 2.45) is 0 Å². The Labute approximate surface area is 130 Å². The van der Waals surface area contributed by atoms with Crippen molar-refractivity contribution in [3.63, 3.8) is 0 Å². The van der Waals surface area contributed by atoms with Gasteiger partial charge < -0.3 is 14.6 Å². The molecule has 22 heavy (non-hydrogen) atoms. The molecule has 1 atom stereocenters. The molecule has 1 N–H and O–H groups in total. The first kappa shape index (κ1) is 15.9. The van der Waals surface area contributed by atoms with Gasteiger partial charge in [-0.1, -0.05) is 36.4 Å². The summed E-state index contributed by atoms with van der Waals surface area (Å²) in [5, 5.41) is 9.13. The highest BCUT2D eigenvalue weighted by Crippen LogP contribution is 2.32. The molecule has 1 unspecified atom stereocenters. The molecule has 0 aliphatic heterocycles. The third kappa shape index (κ3) is 4.01. The molecule has 0 radical (unpaired) electrons. The number of carbonyl (C=O) groups is 1. The Kier molecular flexibility index (Phi) is 5.42. The van der Waals surface area contributed by atoms with Crippen LogP contribution in [0.1, 0.15) is 30.9 Å². The second kappa shape index (κ2) is 7.50. The van der Waals surface area contributed by atoms with E-state index in [0.717, 1.165) is 5.56 Å². The summed E-state index contributed by atoms with van der Waals surface area (Å²) in [5.41, 5.74) is 1.74. The normalized spacial score (nSPS) is 11.7. The molecule has 0 saturated heterocycles. The Hall–Kier alpha value is -2.49. The van der Waals surface area contributed by atoms with Gasteiger partial charge in [0.05, 0.1) is 12.5 Å². The van der Waals surface area contributed by atoms with Crippen molar-refractivity contribution in [3.05, 3.63) is 59.7 Å². The molecule has 4 nitrogen and oxygen atoms in total. The number of rotatable bonds is 7. The Morgan fingerprint density at radius 1 is 1.09 bits per heavy atom. The van der Waals surface area contributed by atoms with Crippen LogP contribution in [0, 0.1) is 0 Å². The largest absolute Gasteiger partial charge is 0.490 e. The van der Waals surface area contributed by atoms with Crippen LogP contribution in [0.25, 0.3) is 0 Å². The SMILES string of the molecule is CCOc1ccc(C(C)C(=O)O)cc1OCc1ccccc1. The fourth-order valence-electron chi connectivity index (χ4n) is 2.06. The summed E-state index contributed by atoms with van der Waals surface area (Å²) in [7, 11) is 0. The topological polar surface area (TPSA) is 55.8 Å². The summed E-state index contributed by atoms with van der Waals surface area (Å²) in [5.74, 6) is -0.260. The van der Waals surface area contributed by atoms with E-state index in [0.29, 0.717) is 30.3 Å². The van der Waals surface area contributed by atoms with Crippen molar-refractivity contribution in [3.8, 4) is 11.5 Å². The first-order valence-electron chi connectivity index (χ1n) is 7.28. The van der Waals surface area contributed by atoms with Crippen LogP contribution in [0.5, 0.6) is 11.5 Å². The summed E-state index contributed by atoms with van der Waals surface area (Å²) in [6.07, 6.45) is 0. The summed E-state index contributed by atoms with van der Waals surface area (Å²) < 4.78 is 11.4. The first-order valence-corrected chi connectivity index (χ1v) is 7.28. The Morgan fingerprint density at radius 2 is 1.82 bits per heavy atom. The van der Waals surface area contributed by atoms with Crippen molar-refractivity contribution < 1.29 is 19.4 Å². The Morgan fingerprint density at radius 3 is 2.45 bits per heavy atom. The molecule has 2 aromatic rings. The van der Waals surface area contributed by atoms with Gasteiger partial charge in [0.1, 0.15) is 6.61 Å². The third-order valence-electron chi connectivity index (χ3n) is 3.38. The molecule has 116 valence electrons. The van der Waals surface area contributed by atoms with Gasteiger partial charge in [-0.2, -0.15) is 0 Å². The number of hydrogen-bond acceptors (Lipinski definition) is 3. The highest BCUT2D eigenvalue weighted by Gasteiger charge is 2.16.